The second-order valence-corrected chi connectivity index (χ2v) is 8.27. The Morgan fingerprint density at radius 2 is 1.86 bits per heavy atom. The average molecular weight is 398 g/mol. The summed E-state index contributed by atoms with van der Waals surface area (Å²) in [5.74, 6) is 0.918. The zero-order valence-electron chi connectivity index (χ0n) is 17.7. The Hall–Kier alpha value is -1.98. The van der Waals surface area contributed by atoms with Crippen LogP contribution in [-0.4, -0.2) is 34.1 Å². The van der Waals surface area contributed by atoms with Crippen molar-refractivity contribution in [3.05, 3.63) is 50.9 Å². The summed E-state index contributed by atoms with van der Waals surface area (Å²) < 4.78 is 1.92. The van der Waals surface area contributed by atoms with E-state index in [2.05, 4.69) is 63.1 Å². The van der Waals surface area contributed by atoms with Crippen molar-refractivity contribution in [1.82, 2.24) is 14.5 Å². The summed E-state index contributed by atoms with van der Waals surface area (Å²) in [5, 5.41) is 2.87. The zero-order valence-corrected chi connectivity index (χ0v) is 18.5. The van der Waals surface area contributed by atoms with Crippen LogP contribution >= 0.6 is 11.3 Å². The fraction of sp³-hybridized carbons (Fsp3) is 0.478. The molecule has 4 nitrogen and oxygen atoms in total. The minimum Gasteiger partial charge on any atom is -0.302 e. The predicted molar refractivity (Wildman–Crippen MR) is 121 cm³/mol. The molecule has 1 aromatic carbocycles. The van der Waals surface area contributed by atoms with Crippen molar-refractivity contribution >= 4 is 21.6 Å². The number of fused-ring (bicyclic) bond motifs is 1. The molecule has 2 heterocycles. The van der Waals surface area contributed by atoms with Gasteiger partial charge >= 0.3 is 0 Å². The third-order valence-electron chi connectivity index (χ3n) is 5.45. The summed E-state index contributed by atoms with van der Waals surface area (Å²) in [4.78, 5) is 21.7. The van der Waals surface area contributed by atoms with Gasteiger partial charge in [0.2, 0.25) is 0 Å². The van der Waals surface area contributed by atoms with Crippen LogP contribution in [0.4, 0.5) is 0 Å². The quantitative estimate of drug-likeness (QED) is 0.535. The Bertz CT molecular complexity index is 1010. The lowest BCUT2D eigenvalue weighted by atomic mass is 9.99. The van der Waals surface area contributed by atoms with Crippen LogP contribution < -0.4 is 5.56 Å². The molecule has 0 radical (unpaired) electrons. The fourth-order valence-electron chi connectivity index (χ4n) is 3.81. The van der Waals surface area contributed by atoms with Crippen LogP contribution in [0.1, 0.15) is 44.1 Å². The molecule has 0 aliphatic heterocycles. The summed E-state index contributed by atoms with van der Waals surface area (Å²) in [5.41, 5.74) is 4.70. The van der Waals surface area contributed by atoms with Gasteiger partial charge in [0.25, 0.3) is 5.56 Å². The van der Waals surface area contributed by atoms with E-state index in [4.69, 9.17) is 4.98 Å². The van der Waals surface area contributed by atoms with Gasteiger partial charge in [0, 0.05) is 30.5 Å². The second kappa shape index (κ2) is 9.01. The molecule has 0 fully saturated rings. The molecule has 28 heavy (non-hydrogen) atoms. The van der Waals surface area contributed by atoms with Crippen molar-refractivity contribution in [2.75, 3.05) is 19.6 Å². The molecule has 0 atom stereocenters. The summed E-state index contributed by atoms with van der Waals surface area (Å²) >= 11 is 1.58. The summed E-state index contributed by atoms with van der Waals surface area (Å²) in [6.07, 6.45) is 1.82. The number of rotatable bonds is 8. The lowest BCUT2D eigenvalue weighted by molar-refractivity contribution is 0.287. The van der Waals surface area contributed by atoms with E-state index >= 15 is 0 Å². The first-order chi connectivity index (χ1) is 13.5. The van der Waals surface area contributed by atoms with Gasteiger partial charge in [-0.15, -0.1) is 11.3 Å². The lowest BCUT2D eigenvalue weighted by Gasteiger charge is -2.20. The Kier molecular flexibility index (Phi) is 6.68. The molecule has 0 bridgehead atoms. The number of aromatic nitrogens is 2. The van der Waals surface area contributed by atoms with Gasteiger partial charge in [-0.25, -0.2) is 4.98 Å². The van der Waals surface area contributed by atoms with Gasteiger partial charge in [0.05, 0.1) is 5.39 Å². The lowest BCUT2D eigenvalue weighted by Crippen LogP contribution is -2.33. The van der Waals surface area contributed by atoms with Crippen LogP contribution in [0, 0.1) is 13.8 Å². The van der Waals surface area contributed by atoms with Gasteiger partial charge in [-0.1, -0.05) is 44.5 Å². The van der Waals surface area contributed by atoms with Crippen molar-refractivity contribution < 1.29 is 0 Å². The van der Waals surface area contributed by atoms with E-state index in [9.17, 15) is 4.79 Å². The first-order valence-corrected chi connectivity index (χ1v) is 11.2. The normalized spacial score (nSPS) is 11.6. The number of nitrogens with zero attached hydrogens (tertiary/aromatic N) is 3. The number of hydrogen-bond acceptors (Lipinski definition) is 4. The summed E-state index contributed by atoms with van der Waals surface area (Å²) in [7, 11) is 0. The van der Waals surface area contributed by atoms with Gasteiger partial charge < -0.3 is 4.90 Å². The van der Waals surface area contributed by atoms with Crippen LogP contribution in [0.3, 0.4) is 0 Å². The van der Waals surface area contributed by atoms with Gasteiger partial charge in [-0.2, -0.15) is 0 Å². The molecule has 0 saturated carbocycles. The standard InChI is InChI=1S/C23H31N3OS/c1-6-9-20-24-22-21(23(27)26(20)13-12-25(7-2)8-3)19(15-28-22)18-11-10-16(4)14-17(18)5/h10-11,14-15H,6-9,12-13H2,1-5H3. The van der Waals surface area contributed by atoms with E-state index < -0.39 is 0 Å². The summed E-state index contributed by atoms with van der Waals surface area (Å²) in [6.45, 7) is 14.2. The second-order valence-electron chi connectivity index (χ2n) is 7.41. The van der Waals surface area contributed by atoms with E-state index in [1.165, 1.54) is 11.1 Å². The SMILES string of the molecule is CCCc1nc2scc(-c3ccc(C)cc3C)c2c(=O)n1CCN(CC)CC. The highest BCUT2D eigenvalue weighted by atomic mass is 32.1. The van der Waals surface area contributed by atoms with E-state index in [1.54, 1.807) is 11.3 Å². The number of benzene rings is 1. The molecular formula is C23H31N3OS. The predicted octanol–water partition coefficient (Wildman–Crippen LogP) is 5.04. The van der Waals surface area contributed by atoms with Crippen molar-refractivity contribution in [1.29, 1.82) is 0 Å². The van der Waals surface area contributed by atoms with Crippen molar-refractivity contribution in [2.45, 2.75) is 54.0 Å². The molecule has 3 rings (SSSR count). The number of hydrogen-bond donors (Lipinski definition) is 0. The Labute approximate surface area is 171 Å². The first kappa shape index (κ1) is 20.7. The maximum atomic E-state index is 13.6. The molecule has 5 heteroatoms. The van der Waals surface area contributed by atoms with Crippen molar-refractivity contribution in [3.63, 3.8) is 0 Å². The molecule has 0 saturated heterocycles. The molecule has 3 aromatic rings. The van der Waals surface area contributed by atoms with E-state index in [0.717, 1.165) is 59.6 Å². The van der Waals surface area contributed by atoms with Crippen LogP contribution in [0.25, 0.3) is 21.3 Å². The van der Waals surface area contributed by atoms with Gasteiger partial charge in [-0.05, 0) is 44.5 Å². The number of likely N-dealkylation sites (N-methyl/N-ethyl adjacent to an activating group) is 1. The Morgan fingerprint density at radius 3 is 2.50 bits per heavy atom. The average Bonchev–Trinajstić information content (AvgIpc) is 3.08. The highest BCUT2D eigenvalue weighted by Gasteiger charge is 2.18. The van der Waals surface area contributed by atoms with Gasteiger partial charge in [0.15, 0.2) is 0 Å². The van der Waals surface area contributed by atoms with Crippen molar-refractivity contribution in [3.8, 4) is 11.1 Å². The molecule has 2 aromatic heterocycles. The molecule has 150 valence electrons. The molecule has 0 N–H and O–H groups in total. The molecule has 0 spiro atoms. The third-order valence-corrected chi connectivity index (χ3v) is 6.32. The maximum absolute atomic E-state index is 13.6. The molecule has 0 aliphatic carbocycles. The van der Waals surface area contributed by atoms with Crippen LogP contribution in [-0.2, 0) is 13.0 Å². The van der Waals surface area contributed by atoms with Crippen LogP contribution in [0.15, 0.2) is 28.4 Å². The molecule has 0 amide bonds. The van der Waals surface area contributed by atoms with E-state index in [1.807, 2.05) is 4.57 Å². The van der Waals surface area contributed by atoms with E-state index in [0.29, 0.717) is 6.54 Å². The highest BCUT2D eigenvalue weighted by Crippen LogP contribution is 2.33. The fourth-order valence-corrected chi connectivity index (χ4v) is 4.75. The highest BCUT2D eigenvalue weighted by molar-refractivity contribution is 7.17. The van der Waals surface area contributed by atoms with E-state index in [-0.39, 0.29) is 5.56 Å². The van der Waals surface area contributed by atoms with Gasteiger partial charge in [-0.3, -0.25) is 9.36 Å². The third kappa shape index (κ3) is 4.06. The summed E-state index contributed by atoms with van der Waals surface area (Å²) in [6, 6.07) is 6.42. The monoisotopic (exact) mass is 397 g/mol. The first-order valence-electron chi connectivity index (χ1n) is 10.3. The van der Waals surface area contributed by atoms with Crippen LogP contribution in [0.2, 0.25) is 0 Å². The minimum atomic E-state index is 0.108. The van der Waals surface area contributed by atoms with Crippen LogP contribution in [0.5, 0.6) is 0 Å². The van der Waals surface area contributed by atoms with Gasteiger partial charge in [0.1, 0.15) is 10.7 Å². The molecule has 0 aliphatic rings. The number of aryl methyl sites for hydroxylation is 3. The van der Waals surface area contributed by atoms with Crippen molar-refractivity contribution in [2.24, 2.45) is 0 Å². The maximum Gasteiger partial charge on any atom is 0.262 e. The molecule has 0 unspecified atom stereocenters. The smallest absolute Gasteiger partial charge is 0.262 e. The minimum absolute atomic E-state index is 0.108. The topological polar surface area (TPSA) is 38.1 Å². The molecular weight excluding hydrogens is 366 g/mol. The Morgan fingerprint density at radius 1 is 1.11 bits per heavy atom. The largest absolute Gasteiger partial charge is 0.302 e. The number of thiophene rings is 1. The zero-order chi connectivity index (χ0) is 20.3. The Balaban J connectivity index is 2.14.